The summed E-state index contributed by atoms with van der Waals surface area (Å²) in [5.41, 5.74) is 3.21. The van der Waals surface area contributed by atoms with Crippen LogP contribution in [0, 0.1) is 0 Å². The molecule has 3 rings (SSSR count). The Morgan fingerprint density at radius 3 is 2.86 bits per heavy atom. The van der Waals surface area contributed by atoms with Gasteiger partial charge < -0.3 is 4.90 Å². The fraction of sp³-hybridized carbons (Fsp3) is 0.133. The predicted octanol–water partition coefficient (Wildman–Crippen LogP) is 3.82. The van der Waals surface area contributed by atoms with Gasteiger partial charge in [0.15, 0.2) is 0 Å². The lowest BCUT2D eigenvalue weighted by Crippen LogP contribution is -2.29. The van der Waals surface area contributed by atoms with Crippen molar-refractivity contribution < 1.29 is 4.79 Å². The first-order valence-corrected chi connectivity index (χ1v) is 7.07. The standard InChI is InChI=1S/C15H11Cl2N3O/c1-9(21)20-8-11-7-18-15(17)19-13(11)4-2-10-6-12(16)3-5-14(10)20/h2-7H,8H2,1H3/b4-2-. The molecule has 0 fully saturated rings. The number of aromatic nitrogens is 2. The molecule has 6 heteroatoms. The number of fused-ring (bicyclic) bond motifs is 2. The van der Waals surface area contributed by atoms with Gasteiger partial charge in [-0.2, -0.15) is 0 Å². The van der Waals surface area contributed by atoms with Crippen LogP contribution in [0.4, 0.5) is 5.69 Å². The monoisotopic (exact) mass is 319 g/mol. The van der Waals surface area contributed by atoms with E-state index in [2.05, 4.69) is 9.97 Å². The highest BCUT2D eigenvalue weighted by atomic mass is 35.5. The van der Waals surface area contributed by atoms with Gasteiger partial charge in [-0.25, -0.2) is 9.97 Å². The fourth-order valence-corrected chi connectivity index (χ4v) is 2.59. The molecule has 0 saturated carbocycles. The molecule has 0 unspecified atom stereocenters. The molecule has 2 aromatic rings. The van der Waals surface area contributed by atoms with E-state index in [1.807, 2.05) is 24.3 Å². The van der Waals surface area contributed by atoms with Crippen molar-refractivity contribution in [1.82, 2.24) is 9.97 Å². The average Bonchev–Trinajstić information content (AvgIpc) is 2.42. The maximum Gasteiger partial charge on any atom is 0.224 e. The summed E-state index contributed by atoms with van der Waals surface area (Å²) in [4.78, 5) is 21.9. The van der Waals surface area contributed by atoms with Gasteiger partial charge in [-0.1, -0.05) is 17.7 Å². The van der Waals surface area contributed by atoms with E-state index < -0.39 is 0 Å². The Bertz CT molecular complexity index is 759. The fourth-order valence-electron chi connectivity index (χ4n) is 2.27. The van der Waals surface area contributed by atoms with Crippen molar-refractivity contribution in [1.29, 1.82) is 0 Å². The molecule has 0 spiro atoms. The lowest BCUT2D eigenvalue weighted by Gasteiger charge is -2.25. The van der Waals surface area contributed by atoms with Gasteiger partial charge in [0, 0.05) is 23.7 Å². The second-order valence-electron chi connectivity index (χ2n) is 4.69. The largest absolute Gasteiger partial charge is 0.307 e. The Balaban J connectivity index is 2.21. The summed E-state index contributed by atoms with van der Waals surface area (Å²) in [7, 11) is 0. The van der Waals surface area contributed by atoms with Crippen molar-refractivity contribution >= 4 is 46.9 Å². The maximum absolute atomic E-state index is 12.0. The second kappa shape index (κ2) is 5.47. The molecule has 1 amide bonds. The van der Waals surface area contributed by atoms with E-state index in [1.54, 1.807) is 17.2 Å². The summed E-state index contributed by atoms with van der Waals surface area (Å²) >= 11 is 11.9. The van der Waals surface area contributed by atoms with Gasteiger partial charge in [-0.15, -0.1) is 0 Å². The van der Waals surface area contributed by atoms with E-state index in [1.165, 1.54) is 6.92 Å². The van der Waals surface area contributed by atoms with Crippen LogP contribution in [-0.4, -0.2) is 15.9 Å². The van der Waals surface area contributed by atoms with Crippen molar-refractivity contribution in [3.05, 3.63) is 51.5 Å². The van der Waals surface area contributed by atoms with Gasteiger partial charge in [-0.05, 0) is 41.4 Å². The highest BCUT2D eigenvalue weighted by molar-refractivity contribution is 6.31. The average molecular weight is 320 g/mol. The first-order chi connectivity index (χ1) is 10.0. The first-order valence-electron chi connectivity index (χ1n) is 6.32. The SMILES string of the molecule is CC(=O)N1Cc2cnc(Cl)nc2/C=C\c2cc(Cl)ccc21. The Kier molecular flexibility index (Phi) is 3.66. The van der Waals surface area contributed by atoms with E-state index in [4.69, 9.17) is 23.2 Å². The van der Waals surface area contributed by atoms with Gasteiger partial charge in [0.2, 0.25) is 11.2 Å². The van der Waals surface area contributed by atoms with Crippen LogP contribution in [0.25, 0.3) is 12.2 Å². The van der Waals surface area contributed by atoms with Crippen LogP contribution >= 0.6 is 23.2 Å². The van der Waals surface area contributed by atoms with Gasteiger partial charge in [0.05, 0.1) is 17.9 Å². The molecule has 0 saturated heterocycles. The Labute approximate surface area is 132 Å². The number of benzene rings is 1. The van der Waals surface area contributed by atoms with Crippen molar-refractivity contribution in [2.75, 3.05) is 4.90 Å². The number of carbonyl (C=O) groups is 1. The molecule has 0 atom stereocenters. The van der Waals surface area contributed by atoms with Gasteiger partial charge >= 0.3 is 0 Å². The molecule has 1 aliphatic heterocycles. The Morgan fingerprint density at radius 1 is 1.29 bits per heavy atom. The maximum atomic E-state index is 12.0. The van der Waals surface area contributed by atoms with Crippen LogP contribution in [0.3, 0.4) is 0 Å². The number of carbonyl (C=O) groups excluding carboxylic acids is 1. The third-order valence-electron chi connectivity index (χ3n) is 3.28. The highest BCUT2D eigenvalue weighted by Gasteiger charge is 2.19. The number of hydrogen-bond donors (Lipinski definition) is 0. The third kappa shape index (κ3) is 2.77. The number of nitrogens with zero attached hydrogens (tertiary/aromatic N) is 3. The molecule has 0 radical (unpaired) electrons. The molecule has 1 aliphatic rings. The summed E-state index contributed by atoms with van der Waals surface area (Å²) in [5.74, 6) is -0.0604. The highest BCUT2D eigenvalue weighted by Crippen LogP contribution is 2.30. The lowest BCUT2D eigenvalue weighted by atomic mass is 10.1. The summed E-state index contributed by atoms with van der Waals surface area (Å²) in [5, 5.41) is 0.795. The second-order valence-corrected chi connectivity index (χ2v) is 5.47. The summed E-state index contributed by atoms with van der Waals surface area (Å²) in [6.45, 7) is 1.92. The van der Waals surface area contributed by atoms with E-state index in [0.29, 0.717) is 17.3 Å². The zero-order chi connectivity index (χ0) is 15.0. The van der Waals surface area contributed by atoms with E-state index in [-0.39, 0.29) is 11.2 Å². The van der Waals surface area contributed by atoms with Crippen LogP contribution in [0.1, 0.15) is 23.7 Å². The number of amides is 1. The summed E-state index contributed by atoms with van der Waals surface area (Å²) in [6.07, 6.45) is 5.37. The van der Waals surface area contributed by atoms with Crippen molar-refractivity contribution in [3.63, 3.8) is 0 Å². The number of anilines is 1. The molecule has 106 valence electrons. The molecule has 0 N–H and O–H groups in total. The van der Waals surface area contributed by atoms with Crippen LogP contribution in [0.15, 0.2) is 24.4 Å². The summed E-state index contributed by atoms with van der Waals surface area (Å²) in [6, 6.07) is 5.42. The third-order valence-corrected chi connectivity index (χ3v) is 3.70. The molecule has 0 bridgehead atoms. The van der Waals surface area contributed by atoms with E-state index >= 15 is 0 Å². The molecule has 21 heavy (non-hydrogen) atoms. The minimum absolute atomic E-state index is 0.0604. The van der Waals surface area contributed by atoms with Crippen LogP contribution in [-0.2, 0) is 11.3 Å². The quantitative estimate of drug-likeness (QED) is 0.693. The van der Waals surface area contributed by atoms with Crippen LogP contribution < -0.4 is 4.90 Å². The molecule has 1 aromatic carbocycles. The van der Waals surface area contributed by atoms with Gasteiger partial charge in [-0.3, -0.25) is 4.79 Å². The molecule has 2 heterocycles. The molecular formula is C15H11Cl2N3O. The van der Waals surface area contributed by atoms with Crippen molar-refractivity contribution in [2.24, 2.45) is 0 Å². The van der Waals surface area contributed by atoms with E-state index in [9.17, 15) is 4.79 Å². The smallest absolute Gasteiger partial charge is 0.224 e. The predicted molar refractivity (Wildman–Crippen MR) is 84.3 cm³/mol. The normalized spacial score (nSPS) is 14.7. The summed E-state index contributed by atoms with van der Waals surface area (Å²) < 4.78 is 0. The first kappa shape index (κ1) is 14.0. The molecule has 1 aromatic heterocycles. The zero-order valence-electron chi connectivity index (χ0n) is 11.2. The molecule has 0 aliphatic carbocycles. The van der Waals surface area contributed by atoms with Gasteiger partial charge in [0.1, 0.15) is 0 Å². The number of hydrogen-bond acceptors (Lipinski definition) is 3. The number of rotatable bonds is 0. The Hall–Kier alpha value is -1.91. The van der Waals surface area contributed by atoms with E-state index in [0.717, 1.165) is 16.8 Å². The minimum atomic E-state index is -0.0604. The van der Waals surface area contributed by atoms with Crippen molar-refractivity contribution in [3.8, 4) is 0 Å². The van der Waals surface area contributed by atoms with Gasteiger partial charge in [0.25, 0.3) is 0 Å². The Morgan fingerprint density at radius 2 is 2.10 bits per heavy atom. The van der Waals surface area contributed by atoms with Crippen molar-refractivity contribution in [2.45, 2.75) is 13.5 Å². The minimum Gasteiger partial charge on any atom is -0.307 e. The lowest BCUT2D eigenvalue weighted by molar-refractivity contribution is -0.116. The molecule has 4 nitrogen and oxygen atoms in total. The van der Waals surface area contributed by atoms with Crippen LogP contribution in [0.5, 0.6) is 0 Å². The zero-order valence-corrected chi connectivity index (χ0v) is 12.7. The molecular weight excluding hydrogens is 309 g/mol. The van der Waals surface area contributed by atoms with Crippen LogP contribution in [0.2, 0.25) is 10.3 Å². The topological polar surface area (TPSA) is 46.1 Å². The number of halogens is 2.